The van der Waals surface area contributed by atoms with Gasteiger partial charge >= 0.3 is 0 Å². The molecule has 0 saturated carbocycles. The van der Waals surface area contributed by atoms with Crippen LogP contribution in [0, 0.1) is 0 Å². The van der Waals surface area contributed by atoms with Crippen molar-refractivity contribution in [1.82, 2.24) is 9.97 Å². The van der Waals surface area contributed by atoms with Crippen molar-refractivity contribution in [3.63, 3.8) is 0 Å². The topological polar surface area (TPSA) is 84.3 Å². The standard InChI is InChI=1S/C23H29N3O3.C3H8/c1-6-8-21(27)16(4)9-15(3)19(7-2)20-10-17-13-25-22(11-18(17)12-24-20)26-23(28)14-29-5;1-3-2/h7,9-13,21,27H,4,6,8,14H2,1-3,5H3,(H,25,26,28);3H2,1-2H3/b15-9-,19-7+;. The van der Waals surface area contributed by atoms with Gasteiger partial charge in [0.05, 0.1) is 11.8 Å². The highest BCUT2D eigenvalue weighted by Gasteiger charge is 2.11. The van der Waals surface area contributed by atoms with Crippen LogP contribution in [0.5, 0.6) is 0 Å². The van der Waals surface area contributed by atoms with Crippen molar-refractivity contribution in [1.29, 1.82) is 0 Å². The number of aromatic nitrogens is 2. The Morgan fingerprint density at radius 1 is 1.22 bits per heavy atom. The molecule has 174 valence electrons. The highest BCUT2D eigenvalue weighted by atomic mass is 16.5. The molecule has 2 N–H and O–H groups in total. The predicted octanol–water partition coefficient (Wildman–Crippen LogP) is 5.70. The molecule has 0 spiro atoms. The first-order valence-corrected chi connectivity index (χ1v) is 11.1. The molecule has 0 aliphatic rings. The van der Waals surface area contributed by atoms with Crippen LogP contribution in [-0.4, -0.2) is 40.8 Å². The van der Waals surface area contributed by atoms with E-state index in [1.54, 1.807) is 18.5 Å². The Balaban J connectivity index is 0.00000161. The molecule has 32 heavy (non-hydrogen) atoms. The van der Waals surface area contributed by atoms with Gasteiger partial charge in [0, 0.05) is 30.3 Å². The van der Waals surface area contributed by atoms with Crippen LogP contribution < -0.4 is 5.32 Å². The van der Waals surface area contributed by atoms with Gasteiger partial charge in [0.25, 0.3) is 5.91 Å². The number of ether oxygens (including phenoxy) is 1. The summed E-state index contributed by atoms with van der Waals surface area (Å²) in [6.45, 7) is 14.2. The van der Waals surface area contributed by atoms with Gasteiger partial charge in [-0.25, -0.2) is 4.98 Å². The first-order chi connectivity index (χ1) is 15.3. The van der Waals surface area contributed by atoms with Gasteiger partial charge < -0.3 is 15.2 Å². The number of rotatable bonds is 9. The number of nitrogens with one attached hydrogen (secondary N) is 1. The van der Waals surface area contributed by atoms with Gasteiger partial charge in [0.2, 0.25) is 0 Å². The van der Waals surface area contributed by atoms with Gasteiger partial charge in [0.15, 0.2) is 0 Å². The lowest BCUT2D eigenvalue weighted by atomic mass is 9.97. The molecule has 6 nitrogen and oxygen atoms in total. The summed E-state index contributed by atoms with van der Waals surface area (Å²) in [5.74, 6) is 0.198. The molecular formula is C26H37N3O3. The minimum absolute atomic E-state index is 0.0224. The van der Waals surface area contributed by atoms with Crippen molar-refractivity contribution >= 4 is 28.1 Å². The van der Waals surface area contributed by atoms with E-state index in [0.29, 0.717) is 17.8 Å². The quantitative estimate of drug-likeness (QED) is 0.490. The summed E-state index contributed by atoms with van der Waals surface area (Å²) in [5.41, 5.74) is 3.46. The summed E-state index contributed by atoms with van der Waals surface area (Å²) in [7, 11) is 1.47. The van der Waals surface area contributed by atoms with Gasteiger partial charge in [-0.3, -0.25) is 9.78 Å². The van der Waals surface area contributed by atoms with E-state index in [9.17, 15) is 9.90 Å². The molecule has 2 heterocycles. The fraction of sp³-hybridized carbons (Fsp3) is 0.423. The average molecular weight is 440 g/mol. The zero-order valence-corrected chi connectivity index (χ0v) is 20.2. The molecule has 0 aliphatic heterocycles. The van der Waals surface area contributed by atoms with Crippen LogP contribution >= 0.6 is 0 Å². The maximum atomic E-state index is 11.7. The van der Waals surface area contributed by atoms with Crippen LogP contribution in [0.2, 0.25) is 0 Å². The van der Waals surface area contributed by atoms with E-state index in [1.807, 2.05) is 39.0 Å². The van der Waals surface area contributed by atoms with Gasteiger partial charge in [-0.1, -0.05) is 52.3 Å². The molecule has 0 aliphatic carbocycles. The maximum absolute atomic E-state index is 11.7. The van der Waals surface area contributed by atoms with Crippen LogP contribution in [0.1, 0.15) is 59.6 Å². The fourth-order valence-electron chi connectivity index (χ4n) is 3.05. The van der Waals surface area contributed by atoms with Gasteiger partial charge in [-0.2, -0.15) is 0 Å². The normalized spacial score (nSPS) is 12.7. The second-order valence-corrected chi connectivity index (χ2v) is 7.58. The number of aliphatic hydroxyl groups excluding tert-OH is 1. The Bertz CT molecular complexity index is 964. The number of carbonyl (C=O) groups is 1. The summed E-state index contributed by atoms with van der Waals surface area (Å²) in [6.07, 6.45) is 9.68. The second kappa shape index (κ2) is 14.3. The summed E-state index contributed by atoms with van der Waals surface area (Å²) in [6, 6.07) is 3.74. The molecule has 0 radical (unpaired) electrons. The molecule has 6 heteroatoms. The summed E-state index contributed by atoms with van der Waals surface area (Å²) in [4.78, 5) is 20.5. The number of nitrogens with zero attached hydrogens (tertiary/aromatic N) is 2. The van der Waals surface area contributed by atoms with Gasteiger partial charge in [-0.05, 0) is 49.1 Å². The lowest BCUT2D eigenvalue weighted by Crippen LogP contribution is -2.17. The van der Waals surface area contributed by atoms with Crippen molar-refractivity contribution in [3.05, 3.63) is 60.1 Å². The number of methoxy groups -OCH3 is 1. The largest absolute Gasteiger partial charge is 0.388 e. The summed E-state index contributed by atoms with van der Waals surface area (Å²) < 4.78 is 4.81. The third-order valence-electron chi connectivity index (χ3n) is 4.53. The van der Waals surface area contributed by atoms with E-state index in [4.69, 9.17) is 4.74 Å². The summed E-state index contributed by atoms with van der Waals surface area (Å²) in [5, 5.41) is 14.6. The molecule has 0 aromatic carbocycles. The first-order valence-electron chi connectivity index (χ1n) is 11.1. The van der Waals surface area contributed by atoms with E-state index in [-0.39, 0.29) is 12.5 Å². The van der Waals surface area contributed by atoms with E-state index < -0.39 is 6.10 Å². The zero-order chi connectivity index (χ0) is 24.1. The van der Waals surface area contributed by atoms with E-state index in [0.717, 1.165) is 34.0 Å². The Kier molecular flexibility index (Phi) is 12.1. The SMILES string of the molecule is C=C(/C=C(C)\C(=C/C)c1cc2cnc(NC(=O)COC)cc2cn1)C(O)CCC.CCC. The van der Waals surface area contributed by atoms with Crippen LogP contribution in [-0.2, 0) is 9.53 Å². The van der Waals surface area contributed by atoms with Crippen molar-refractivity contribution in [2.75, 3.05) is 19.0 Å². The molecule has 1 unspecified atom stereocenters. The number of anilines is 1. The second-order valence-electron chi connectivity index (χ2n) is 7.58. The van der Waals surface area contributed by atoms with E-state index >= 15 is 0 Å². The lowest BCUT2D eigenvalue weighted by Gasteiger charge is -2.13. The first kappa shape index (κ1) is 27.2. The van der Waals surface area contributed by atoms with Crippen LogP contribution in [0.4, 0.5) is 5.82 Å². The molecule has 2 rings (SSSR count). The van der Waals surface area contributed by atoms with Gasteiger partial charge in [0.1, 0.15) is 12.4 Å². The highest BCUT2D eigenvalue weighted by molar-refractivity contribution is 5.94. The third kappa shape index (κ3) is 8.36. The fourth-order valence-corrected chi connectivity index (χ4v) is 3.05. The van der Waals surface area contributed by atoms with Crippen molar-refractivity contribution in [3.8, 4) is 0 Å². The zero-order valence-electron chi connectivity index (χ0n) is 20.2. The van der Waals surface area contributed by atoms with Crippen LogP contribution in [0.3, 0.4) is 0 Å². The molecule has 2 aromatic rings. The highest BCUT2D eigenvalue weighted by Crippen LogP contribution is 2.26. The Morgan fingerprint density at radius 3 is 2.44 bits per heavy atom. The minimum Gasteiger partial charge on any atom is -0.388 e. The molecule has 0 fully saturated rings. The van der Waals surface area contributed by atoms with Crippen LogP contribution in [0.15, 0.2) is 54.4 Å². The van der Waals surface area contributed by atoms with Gasteiger partial charge in [-0.15, -0.1) is 0 Å². The van der Waals surface area contributed by atoms with Crippen LogP contribution in [0.25, 0.3) is 16.3 Å². The number of allylic oxidation sites excluding steroid dienone is 3. The molecular weight excluding hydrogens is 402 g/mol. The van der Waals surface area contributed by atoms with Crippen molar-refractivity contribution in [2.24, 2.45) is 0 Å². The molecule has 1 amide bonds. The number of hydrogen-bond donors (Lipinski definition) is 2. The Hall–Kier alpha value is -2.83. The lowest BCUT2D eigenvalue weighted by molar-refractivity contribution is -0.119. The average Bonchev–Trinajstić information content (AvgIpc) is 2.75. The monoisotopic (exact) mass is 439 g/mol. The minimum atomic E-state index is -0.534. The number of hydrogen-bond acceptors (Lipinski definition) is 5. The number of fused-ring (bicyclic) bond motifs is 1. The van der Waals surface area contributed by atoms with E-state index in [1.165, 1.54) is 13.5 Å². The van der Waals surface area contributed by atoms with Crippen molar-refractivity contribution in [2.45, 2.75) is 60.0 Å². The molecule has 2 aromatic heterocycles. The van der Waals surface area contributed by atoms with E-state index in [2.05, 4.69) is 35.7 Å². The smallest absolute Gasteiger partial charge is 0.251 e. The number of pyridine rings is 2. The Labute approximate surface area is 192 Å². The maximum Gasteiger partial charge on any atom is 0.251 e. The molecule has 0 bridgehead atoms. The number of aliphatic hydroxyl groups is 1. The number of carbonyl (C=O) groups excluding carboxylic acids is 1. The predicted molar refractivity (Wildman–Crippen MR) is 133 cm³/mol. The van der Waals surface area contributed by atoms with Crippen molar-refractivity contribution < 1.29 is 14.6 Å². The molecule has 1 atom stereocenters. The number of amides is 1. The Morgan fingerprint density at radius 2 is 1.84 bits per heavy atom. The third-order valence-corrected chi connectivity index (χ3v) is 4.53. The summed E-state index contributed by atoms with van der Waals surface area (Å²) >= 11 is 0. The molecule has 0 saturated heterocycles.